The summed E-state index contributed by atoms with van der Waals surface area (Å²) in [6.45, 7) is 0. The van der Waals surface area contributed by atoms with Gasteiger partial charge >= 0.3 is 66.7 Å². The molecule has 5 atom stereocenters. The summed E-state index contributed by atoms with van der Waals surface area (Å²) in [5.74, 6) is -2.72. The molecule has 0 radical (unpaired) electrons. The van der Waals surface area contributed by atoms with Crippen molar-refractivity contribution < 1.29 is 39.5 Å². The maximum absolute atomic E-state index is 11.1. The summed E-state index contributed by atoms with van der Waals surface area (Å²) in [7, 11) is -4.96. The van der Waals surface area contributed by atoms with Crippen LogP contribution < -0.4 is 0 Å². The van der Waals surface area contributed by atoms with E-state index in [1.54, 1.807) is 0 Å². The van der Waals surface area contributed by atoms with E-state index in [9.17, 15) is 25.0 Å². The number of aromatic nitrogens is 4. The standard InChI is InChI=1S/C10H13N4O8P.2Na.2H/c15-4-5(16)9(22-6(4)10(18)23(19,20)21)14-2-13-3-7(14)11-1-12-8(3)17;;;;/h1-2,4-6,9-10,15-16,18H,(H,11,12,17)(H2,19,20,21);;;;/t4-,5+,6-,9+,10+;;;;/m0..../s1. The number of hydrogen-bond donors (Lipinski definition) is 6. The van der Waals surface area contributed by atoms with E-state index in [4.69, 9.17) is 14.5 Å². The second-order valence-electron chi connectivity index (χ2n) is 5.00. The molecule has 130 valence electrons. The van der Waals surface area contributed by atoms with Gasteiger partial charge in [-0.15, -0.1) is 0 Å². The van der Waals surface area contributed by atoms with Crippen LogP contribution in [-0.2, 0) is 9.30 Å². The van der Waals surface area contributed by atoms with Crippen molar-refractivity contribution >= 4 is 77.9 Å². The van der Waals surface area contributed by atoms with Gasteiger partial charge in [0.2, 0.25) is 5.88 Å². The Bertz CT molecular complexity index is 787. The van der Waals surface area contributed by atoms with Crippen LogP contribution >= 0.6 is 7.60 Å². The molecule has 0 amide bonds. The average Bonchev–Trinajstić information content (AvgIpc) is 3.02. The van der Waals surface area contributed by atoms with E-state index in [0.29, 0.717) is 0 Å². The molecule has 1 saturated heterocycles. The molecule has 3 heterocycles. The topological polar surface area (TPSA) is 191 Å². The number of fused-ring (bicyclic) bond motifs is 1. The van der Waals surface area contributed by atoms with Crippen molar-refractivity contribution in [2.24, 2.45) is 0 Å². The third-order valence-electron chi connectivity index (χ3n) is 3.53. The van der Waals surface area contributed by atoms with Gasteiger partial charge in [-0.05, 0) is 0 Å². The van der Waals surface area contributed by atoms with E-state index in [1.807, 2.05) is 0 Å². The van der Waals surface area contributed by atoms with Gasteiger partial charge in [0, 0.05) is 0 Å². The van der Waals surface area contributed by atoms with Crippen LogP contribution in [-0.4, -0.2) is 133 Å². The van der Waals surface area contributed by atoms with Crippen LogP contribution in [0.25, 0.3) is 11.2 Å². The molecule has 3 rings (SSSR count). The van der Waals surface area contributed by atoms with E-state index in [0.717, 1.165) is 17.2 Å². The fraction of sp³-hybridized carbons (Fsp3) is 0.500. The van der Waals surface area contributed by atoms with Gasteiger partial charge in [0.05, 0.1) is 6.33 Å². The predicted molar refractivity (Wildman–Crippen MR) is 85.3 cm³/mol. The van der Waals surface area contributed by atoms with E-state index >= 15 is 0 Å². The molecule has 0 aliphatic carbocycles. The van der Waals surface area contributed by atoms with Crippen LogP contribution in [0.1, 0.15) is 6.23 Å². The Morgan fingerprint density at radius 1 is 1.16 bits per heavy atom. The van der Waals surface area contributed by atoms with Gasteiger partial charge in [-0.3, -0.25) is 9.13 Å². The first kappa shape index (κ1) is 23.4. The minimum absolute atomic E-state index is 0. The molecule has 2 aromatic heterocycles. The molecule has 1 aliphatic heterocycles. The normalized spacial score (nSPS) is 27.6. The zero-order valence-corrected chi connectivity index (χ0v) is 12.2. The van der Waals surface area contributed by atoms with Crippen molar-refractivity contribution in [2.45, 2.75) is 30.4 Å². The quantitative estimate of drug-likeness (QED) is 0.221. The molecule has 2 aromatic rings. The van der Waals surface area contributed by atoms with Gasteiger partial charge in [0.15, 0.2) is 23.2 Å². The van der Waals surface area contributed by atoms with Crippen LogP contribution in [0.15, 0.2) is 12.7 Å². The molecule has 0 aromatic carbocycles. The number of aromatic hydroxyl groups is 1. The summed E-state index contributed by atoms with van der Waals surface area (Å²) in [5.41, 5.74) is 0.0804. The van der Waals surface area contributed by atoms with Gasteiger partial charge in [-0.2, -0.15) is 4.98 Å². The molecule has 0 spiro atoms. The zero-order valence-electron chi connectivity index (χ0n) is 11.3. The molecule has 15 heteroatoms. The molecule has 12 nitrogen and oxygen atoms in total. The Balaban J connectivity index is 0.00000156. The SMILES string of the molecule is O=P(O)(O)[C@@H](O)[C@H]1O[C@@H](n2cnc3c(O)ncnc32)[C@H](O)[C@@H]1O.[NaH].[NaH]. The Morgan fingerprint density at radius 3 is 2.40 bits per heavy atom. The van der Waals surface area contributed by atoms with Crippen LogP contribution in [0.5, 0.6) is 5.88 Å². The Kier molecular flexibility index (Phi) is 8.01. The number of hydrogen-bond acceptors (Lipinski definition) is 9. The van der Waals surface area contributed by atoms with Crippen molar-refractivity contribution in [1.82, 2.24) is 19.5 Å². The average molecular weight is 396 g/mol. The number of nitrogens with zero attached hydrogens (tertiary/aromatic N) is 4. The fourth-order valence-electron chi connectivity index (χ4n) is 2.38. The molecule has 0 bridgehead atoms. The third-order valence-corrected chi connectivity index (χ3v) is 4.51. The molecule has 0 saturated carbocycles. The van der Waals surface area contributed by atoms with Crippen LogP contribution in [0, 0.1) is 0 Å². The number of aliphatic hydroxyl groups excluding tert-OH is 3. The van der Waals surface area contributed by atoms with Crippen LogP contribution in [0.3, 0.4) is 0 Å². The van der Waals surface area contributed by atoms with Crippen molar-refractivity contribution in [1.29, 1.82) is 0 Å². The summed E-state index contributed by atoms with van der Waals surface area (Å²) in [5, 5.41) is 39.1. The van der Waals surface area contributed by atoms with Crippen LogP contribution in [0.2, 0.25) is 0 Å². The number of rotatable bonds is 3. The molecule has 1 fully saturated rings. The minimum atomic E-state index is -4.96. The second-order valence-corrected chi connectivity index (χ2v) is 6.70. The number of ether oxygens (including phenoxy) is 1. The van der Waals surface area contributed by atoms with Crippen molar-refractivity contribution in [3.63, 3.8) is 0 Å². The van der Waals surface area contributed by atoms with Gasteiger partial charge in [-0.1, -0.05) is 0 Å². The Hall–Kier alpha value is 0.340. The van der Waals surface area contributed by atoms with Gasteiger partial charge in [-0.25, -0.2) is 9.97 Å². The first-order valence-electron chi connectivity index (χ1n) is 6.33. The van der Waals surface area contributed by atoms with Crippen molar-refractivity contribution in [3.05, 3.63) is 12.7 Å². The summed E-state index contributed by atoms with van der Waals surface area (Å²) in [6.07, 6.45) is -4.23. The molecular weight excluding hydrogens is 381 g/mol. The first-order chi connectivity index (χ1) is 10.7. The van der Waals surface area contributed by atoms with Crippen LogP contribution in [0.4, 0.5) is 0 Å². The van der Waals surface area contributed by atoms with Crippen molar-refractivity contribution in [3.8, 4) is 5.88 Å². The number of aliphatic hydroxyl groups is 3. The van der Waals surface area contributed by atoms with Gasteiger partial charge in [0.25, 0.3) is 0 Å². The Morgan fingerprint density at radius 2 is 1.80 bits per heavy atom. The first-order valence-corrected chi connectivity index (χ1v) is 8.01. The second kappa shape index (κ2) is 8.57. The maximum atomic E-state index is 11.1. The molecule has 25 heavy (non-hydrogen) atoms. The van der Waals surface area contributed by atoms with Gasteiger partial charge in [0.1, 0.15) is 24.6 Å². The zero-order chi connectivity index (χ0) is 16.9. The summed E-state index contributed by atoms with van der Waals surface area (Å²) >= 11 is 0. The third kappa shape index (κ3) is 4.27. The van der Waals surface area contributed by atoms with E-state index in [1.165, 1.54) is 0 Å². The monoisotopic (exact) mass is 396 g/mol. The number of imidazole rings is 1. The Labute approximate surface area is 184 Å². The van der Waals surface area contributed by atoms with E-state index < -0.39 is 43.9 Å². The molecule has 1 aliphatic rings. The molecule has 0 unspecified atom stereocenters. The summed E-state index contributed by atoms with van der Waals surface area (Å²) in [6, 6.07) is 0. The van der Waals surface area contributed by atoms with E-state index in [-0.39, 0.29) is 70.3 Å². The van der Waals surface area contributed by atoms with Crippen molar-refractivity contribution in [2.75, 3.05) is 0 Å². The predicted octanol–water partition coefficient (Wildman–Crippen LogP) is -3.65. The fourth-order valence-corrected chi connectivity index (χ4v) is 3.01. The summed E-state index contributed by atoms with van der Waals surface area (Å²) in [4.78, 5) is 29.2. The molecule has 6 N–H and O–H groups in total. The van der Waals surface area contributed by atoms with E-state index in [2.05, 4.69) is 15.0 Å². The molecular formula is C10H15N4Na2O8P. The summed E-state index contributed by atoms with van der Waals surface area (Å²) < 4.78 is 17.5. The van der Waals surface area contributed by atoms with Gasteiger partial charge < -0.3 is 34.9 Å².